The number of carbonyl (C=O) groups excluding carboxylic acids is 1. The molecular formula is C19H30FIN4O2. The minimum Gasteiger partial charge on any atom is -0.492 e. The molecule has 1 aliphatic carbocycles. The van der Waals surface area contributed by atoms with Gasteiger partial charge in [0, 0.05) is 33.8 Å². The number of rotatable bonds is 7. The highest BCUT2D eigenvalue weighted by atomic mass is 127. The second-order valence-electron chi connectivity index (χ2n) is 6.85. The van der Waals surface area contributed by atoms with Crippen molar-refractivity contribution in [1.82, 2.24) is 15.5 Å². The first kappa shape index (κ1) is 23.5. The normalized spacial score (nSPS) is 15.6. The van der Waals surface area contributed by atoms with Crippen LogP contribution >= 0.6 is 24.0 Å². The maximum Gasteiger partial charge on any atom is 0.230 e. The Hall–Kier alpha value is -1.58. The first-order valence-corrected chi connectivity index (χ1v) is 9.01. The van der Waals surface area contributed by atoms with Crippen LogP contribution < -0.4 is 15.4 Å². The predicted molar refractivity (Wildman–Crippen MR) is 116 cm³/mol. The van der Waals surface area contributed by atoms with Gasteiger partial charge >= 0.3 is 0 Å². The number of guanidine groups is 1. The van der Waals surface area contributed by atoms with Gasteiger partial charge in [0.2, 0.25) is 5.91 Å². The fourth-order valence-corrected chi connectivity index (χ4v) is 3.36. The molecule has 1 amide bonds. The van der Waals surface area contributed by atoms with Crippen molar-refractivity contribution in [3.05, 3.63) is 30.1 Å². The Balaban J connectivity index is 0.00000364. The maximum atomic E-state index is 13.1. The van der Waals surface area contributed by atoms with E-state index in [9.17, 15) is 9.18 Å². The molecule has 1 aromatic rings. The Labute approximate surface area is 178 Å². The minimum atomic E-state index is -0.348. The monoisotopic (exact) mass is 492 g/mol. The van der Waals surface area contributed by atoms with E-state index in [0.29, 0.717) is 31.4 Å². The first-order valence-electron chi connectivity index (χ1n) is 9.01. The van der Waals surface area contributed by atoms with Gasteiger partial charge in [-0.15, -0.1) is 24.0 Å². The van der Waals surface area contributed by atoms with Crippen molar-refractivity contribution >= 4 is 35.8 Å². The van der Waals surface area contributed by atoms with Gasteiger partial charge in [-0.05, 0) is 25.0 Å². The zero-order valence-corrected chi connectivity index (χ0v) is 18.6. The van der Waals surface area contributed by atoms with Gasteiger partial charge in [0.1, 0.15) is 18.2 Å². The van der Waals surface area contributed by atoms with Crippen LogP contribution in [0.3, 0.4) is 0 Å². The van der Waals surface area contributed by atoms with Gasteiger partial charge in [-0.2, -0.15) is 0 Å². The minimum absolute atomic E-state index is 0. The van der Waals surface area contributed by atoms with Gasteiger partial charge in [-0.1, -0.05) is 18.9 Å². The van der Waals surface area contributed by atoms with Gasteiger partial charge in [-0.3, -0.25) is 9.79 Å². The quantitative estimate of drug-likeness (QED) is 0.266. The van der Waals surface area contributed by atoms with Crippen LogP contribution in [0.1, 0.15) is 25.7 Å². The van der Waals surface area contributed by atoms with E-state index in [0.717, 1.165) is 25.7 Å². The number of hydrogen-bond donors (Lipinski definition) is 2. The van der Waals surface area contributed by atoms with E-state index >= 15 is 0 Å². The second kappa shape index (κ2) is 11.3. The Morgan fingerprint density at radius 3 is 2.59 bits per heavy atom. The molecule has 1 saturated carbocycles. The molecule has 8 heteroatoms. The molecule has 27 heavy (non-hydrogen) atoms. The van der Waals surface area contributed by atoms with E-state index in [1.165, 1.54) is 12.1 Å². The summed E-state index contributed by atoms with van der Waals surface area (Å²) in [5.74, 6) is 0.981. The van der Waals surface area contributed by atoms with Crippen molar-refractivity contribution in [3.63, 3.8) is 0 Å². The van der Waals surface area contributed by atoms with E-state index in [-0.39, 0.29) is 41.1 Å². The summed E-state index contributed by atoms with van der Waals surface area (Å²) in [4.78, 5) is 18.5. The molecule has 0 heterocycles. The van der Waals surface area contributed by atoms with Crippen LogP contribution in [0.15, 0.2) is 29.3 Å². The third kappa shape index (κ3) is 6.82. The molecular weight excluding hydrogens is 462 g/mol. The number of amides is 1. The van der Waals surface area contributed by atoms with Crippen molar-refractivity contribution in [2.24, 2.45) is 10.4 Å². The van der Waals surface area contributed by atoms with Gasteiger partial charge in [-0.25, -0.2) is 4.39 Å². The molecule has 0 aliphatic heterocycles. The van der Waals surface area contributed by atoms with E-state index in [1.807, 2.05) is 0 Å². The number of nitrogens with zero attached hydrogens (tertiary/aromatic N) is 2. The molecule has 6 nitrogen and oxygen atoms in total. The van der Waals surface area contributed by atoms with Crippen LogP contribution in [0.5, 0.6) is 5.75 Å². The van der Waals surface area contributed by atoms with Crippen LogP contribution in [-0.4, -0.2) is 57.6 Å². The van der Waals surface area contributed by atoms with Gasteiger partial charge < -0.3 is 20.3 Å². The van der Waals surface area contributed by atoms with Crippen molar-refractivity contribution in [2.75, 3.05) is 40.8 Å². The largest absolute Gasteiger partial charge is 0.492 e. The molecule has 0 unspecified atom stereocenters. The van der Waals surface area contributed by atoms with Crippen LogP contribution in [0.25, 0.3) is 0 Å². The Bertz CT molecular complexity index is 634. The molecule has 1 fully saturated rings. The van der Waals surface area contributed by atoms with Crippen molar-refractivity contribution < 1.29 is 13.9 Å². The van der Waals surface area contributed by atoms with Crippen LogP contribution in [0, 0.1) is 11.2 Å². The van der Waals surface area contributed by atoms with Crippen molar-refractivity contribution in [2.45, 2.75) is 25.7 Å². The summed E-state index contributed by atoms with van der Waals surface area (Å²) in [6.45, 7) is 1.46. The number of carbonyl (C=O) groups is 1. The molecule has 0 spiro atoms. The smallest absolute Gasteiger partial charge is 0.230 e. The van der Waals surface area contributed by atoms with Gasteiger partial charge in [0.15, 0.2) is 5.96 Å². The molecule has 0 atom stereocenters. The Kier molecular flexibility index (Phi) is 9.82. The van der Waals surface area contributed by atoms with E-state index in [4.69, 9.17) is 4.74 Å². The van der Waals surface area contributed by atoms with Crippen molar-refractivity contribution in [1.29, 1.82) is 0 Å². The summed E-state index contributed by atoms with van der Waals surface area (Å²) in [5, 5.41) is 6.43. The van der Waals surface area contributed by atoms with Gasteiger partial charge in [0.25, 0.3) is 0 Å². The third-order valence-corrected chi connectivity index (χ3v) is 4.70. The fraction of sp³-hybridized carbons (Fsp3) is 0.579. The summed E-state index contributed by atoms with van der Waals surface area (Å²) in [6.07, 6.45) is 3.96. The second-order valence-corrected chi connectivity index (χ2v) is 6.85. The summed E-state index contributed by atoms with van der Waals surface area (Å²) in [7, 11) is 5.30. The summed E-state index contributed by atoms with van der Waals surface area (Å²) in [5.41, 5.74) is -0.348. The number of hydrogen-bond acceptors (Lipinski definition) is 3. The lowest BCUT2D eigenvalue weighted by atomic mass is 9.84. The lowest BCUT2D eigenvalue weighted by Crippen LogP contribution is -2.49. The van der Waals surface area contributed by atoms with Crippen LogP contribution in [0.2, 0.25) is 0 Å². The number of aliphatic imine (C=N–C) groups is 1. The molecule has 0 aromatic heterocycles. The van der Waals surface area contributed by atoms with Crippen LogP contribution in [0.4, 0.5) is 4.39 Å². The third-order valence-electron chi connectivity index (χ3n) is 4.70. The fourth-order valence-electron chi connectivity index (χ4n) is 3.36. The summed E-state index contributed by atoms with van der Waals surface area (Å²) in [6, 6.07) is 6.06. The zero-order chi connectivity index (χ0) is 19.0. The first-order chi connectivity index (χ1) is 12.5. The Morgan fingerprint density at radius 2 is 2.00 bits per heavy atom. The number of halogens is 2. The molecule has 1 aromatic carbocycles. The Morgan fingerprint density at radius 1 is 1.30 bits per heavy atom. The predicted octanol–water partition coefficient (Wildman–Crippen LogP) is 2.64. The standard InChI is InChI=1S/C19H29FN4O2.HI/c1-21-18(22-11-12-26-16-8-6-7-15(20)13-16)23-14-19(9-4-5-10-19)17(25)24(2)3;/h6-8,13H,4-5,9-12,14H2,1-3H3,(H2,21,22,23);1H. The number of ether oxygens (including phenoxy) is 1. The number of benzene rings is 1. The van der Waals surface area contributed by atoms with Crippen LogP contribution in [-0.2, 0) is 4.79 Å². The molecule has 1 aliphatic rings. The van der Waals surface area contributed by atoms with Crippen molar-refractivity contribution in [3.8, 4) is 5.75 Å². The SMILES string of the molecule is CN=C(NCCOc1cccc(F)c1)NCC1(C(=O)N(C)C)CCCC1.I. The molecule has 0 bridgehead atoms. The highest BCUT2D eigenvalue weighted by Crippen LogP contribution is 2.38. The molecule has 152 valence electrons. The lowest BCUT2D eigenvalue weighted by molar-refractivity contribution is -0.138. The topological polar surface area (TPSA) is 66.0 Å². The number of nitrogens with one attached hydrogen (secondary N) is 2. The maximum absolute atomic E-state index is 13.1. The molecule has 2 rings (SSSR count). The average molecular weight is 492 g/mol. The molecule has 2 N–H and O–H groups in total. The van der Waals surface area contributed by atoms with E-state index in [2.05, 4.69) is 15.6 Å². The average Bonchev–Trinajstić information content (AvgIpc) is 3.10. The van der Waals surface area contributed by atoms with Gasteiger partial charge in [0.05, 0.1) is 12.0 Å². The molecule has 0 radical (unpaired) electrons. The summed E-state index contributed by atoms with van der Waals surface area (Å²) < 4.78 is 18.6. The molecule has 0 saturated heterocycles. The highest BCUT2D eigenvalue weighted by Gasteiger charge is 2.42. The lowest BCUT2D eigenvalue weighted by Gasteiger charge is -2.31. The van der Waals surface area contributed by atoms with E-state index < -0.39 is 0 Å². The zero-order valence-electron chi connectivity index (χ0n) is 16.3. The summed E-state index contributed by atoms with van der Waals surface area (Å²) >= 11 is 0. The van der Waals surface area contributed by atoms with E-state index in [1.54, 1.807) is 38.2 Å². The highest BCUT2D eigenvalue weighted by molar-refractivity contribution is 14.0.